The lowest BCUT2D eigenvalue weighted by Gasteiger charge is -2.40. The molecule has 2 aromatic carbocycles. The number of halogens is 1. The fourth-order valence-corrected chi connectivity index (χ4v) is 11.1. The smallest absolute Gasteiger partial charge is 0.411 e. The quantitative estimate of drug-likeness (QED) is 0.0293. The van der Waals surface area contributed by atoms with Crippen molar-refractivity contribution < 1.29 is 66.9 Å². The second-order valence-corrected chi connectivity index (χ2v) is 22.1. The summed E-state index contributed by atoms with van der Waals surface area (Å²) in [6, 6.07) is 5.45. The van der Waals surface area contributed by atoms with Crippen LogP contribution in [0.2, 0.25) is 0 Å². The van der Waals surface area contributed by atoms with E-state index in [1.165, 1.54) is 22.8 Å². The lowest BCUT2D eigenvalue weighted by Crippen LogP contribution is -2.53. The van der Waals surface area contributed by atoms with Gasteiger partial charge in [-0.1, -0.05) is 46.2 Å². The van der Waals surface area contributed by atoms with Crippen molar-refractivity contribution in [2.45, 2.75) is 130 Å². The number of aryl methyl sites for hydroxylation is 1. The molecule has 5 atom stereocenters. The number of pyridine rings is 1. The van der Waals surface area contributed by atoms with E-state index >= 15 is 4.39 Å². The minimum atomic E-state index is -1.86. The Kier molecular flexibility index (Phi) is 18.4. The number of aliphatic hydroxyl groups is 1. The number of hydrogen-bond donors (Lipinski definition) is 5. The highest BCUT2D eigenvalue weighted by Crippen LogP contribution is 2.49. The van der Waals surface area contributed by atoms with Gasteiger partial charge in [-0.2, -0.15) is 0 Å². The Balaban J connectivity index is 0.888. The molecule has 1 aromatic heterocycles. The highest BCUT2D eigenvalue weighted by Gasteiger charge is 2.53. The number of amides is 7. The number of nitrogens with one attached hydrogen (secondary N) is 4. The van der Waals surface area contributed by atoms with Gasteiger partial charge in [0.2, 0.25) is 35.4 Å². The fraction of sp³-hybridized carbons (Fsp3) is 0.517. The van der Waals surface area contributed by atoms with Crippen LogP contribution < -0.4 is 21.3 Å². The van der Waals surface area contributed by atoms with Gasteiger partial charge in [0.1, 0.15) is 37.8 Å². The van der Waals surface area contributed by atoms with Crippen LogP contribution in [0.1, 0.15) is 119 Å². The first-order chi connectivity index (χ1) is 38.5. The fourth-order valence-electron chi connectivity index (χ4n) is 11.1. The second-order valence-electron chi connectivity index (χ2n) is 22.1. The van der Waals surface area contributed by atoms with E-state index in [1.807, 2.05) is 23.9 Å². The summed E-state index contributed by atoms with van der Waals surface area (Å²) >= 11 is 0. The predicted octanol–water partition coefficient (Wildman–Crippen LogP) is 4.19. The Labute approximate surface area is 469 Å². The highest BCUT2D eigenvalue weighted by atomic mass is 19.1. The van der Waals surface area contributed by atoms with E-state index < -0.39 is 78.6 Å². The molecule has 81 heavy (non-hydrogen) atoms. The van der Waals surface area contributed by atoms with E-state index in [0.29, 0.717) is 78.9 Å². The minimum Gasteiger partial charge on any atom is -0.444 e. The molecule has 22 nitrogen and oxygen atoms in total. The SMILES string of the molecule is CC[C@]1(OCN(CCN(C)C)C(=O)OCc2ccc(NC(=O)[C@H](C)NC(=O)[C@@H](NC(=O)CCCCCN3C(=O)CC(C)C3=O)C(C)C)cc2)C(=O)OC(=O)C2=C1C=C1c3nc4cc(F)c(C)c5c4c(c3CN1C2)[C@H](NC(=O)CO)CC5. The number of hydrogen-bond acceptors (Lipinski definition) is 16. The number of rotatable bonds is 23. The summed E-state index contributed by atoms with van der Waals surface area (Å²) in [6.07, 6.45) is 3.85. The van der Waals surface area contributed by atoms with E-state index in [1.54, 1.807) is 65.0 Å². The molecular formula is C58H72FN9O13. The lowest BCUT2D eigenvalue weighted by molar-refractivity contribution is -0.181. The largest absolute Gasteiger partial charge is 0.444 e. The Hall–Kier alpha value is -7.63. The number of fused-ring (bicyclic) bond motifs is 4. The number of esters is 2. The lowest BCUT2D eigenvalue weighted by atomic mass is 9.81. The van der Waals surface area contributed by atoms with Crippen molar-refractivity contribution >= 4 is 75.8 Å². The van der Waals surface area contributed by atoms with Crippen molar-refractivity contribution in [3.05, 3.63) is 86.9 Å². The normalized spacial score (nSPS) is 19.9. The molecule has 434 valence electrons. The van der Waals surface area contributed by atoms with E-state index in [9.17, 15) is 48.3 Å². The zero-order valence-electron chi connectivity index (χ0n) is 47.1. The number of aromatic nitrogens is 1. The number of carbonyl (C=O) groups excluding carboxylic acids is 9. The van der Waals surface area contributed by atoms with Crippen LogP contribution in [-0.4, -0.2) is 154 Å². The van der Waals surface area contributed by atoms with E-state index in [4.69, 9.17) is 19.2 Å². The Morgan fingerprint density at radius 1 is 0.963 bits per heavy atom. The van der Waals surface area contributed by atoms with Crippen LogP contribution in [0.3, 0.4) is 0 Å². The molecular weight excluding hydrogens is 1050 g/mol. The molecule has 23 heteroatoms. The van der Waals surface area contributed by atoms with Gasteiger partial charge in [0, 0.05) is 73.2 Å². The average molecular weight is 1120 g/mol. The van der Waals surface area contributed by atoms with Crippen LogP contribution in [0, 0.1) is 24.6 Å². The Bertz CT molecular complexity index is 3110. The van der Waals surface area contributed by atoms with Crippen molar-refractivity contribution in [1.82, 2.24) is 40.5 Å². The van der Waals surface area contributed by atoms with E-state index in [0.717, 1.165) is 22.1 Å². The van der Waals surface area contributed by atoms with Crippen LogP contribution in [0.25, 0.3) is 16.6 Å². The van der Waals surface area contributed by atoms with Gasteiger partial charge in [0.25, 0.3) is 0 Å². The highest BCUT2D eigenvalue weighted by molar-refractivity contribution is 6.08. The number of aliphatic hydroxyl groups excluding tert-OH is 1. The van der Waals surface area contributed by atoms with Crippen LogP contribution >= 0.6 is 0 Å². The summed E-state index contributed by atoms with van der Waals surface area (Å²) in [5.41, 5.74) is 3.68. The van der Waals surface area contributed by atoms with Crippen molar-refractivity contribution in [1.29, 1.82) is 0 Å². The molecule has 3 aromatic rings. The molecule has 0 spiro atoms. The van der Waals surface area contributed by atoms with Crippen LogP contribution in [0.15, 0.2) is 47.6 Å². The molecule has 0 bridgehead atoms. The third kappa shape index (κ3) is 12.6. The van der Waals surface area contributed by atoms with Gasteiger partial charge < -0.3 is 50.4 Å². The first-order valence-electron chi connectivity index (χ1n) is 27.6. The van der Waals surface area contributed by atoms with Gasteiger partial charge in [0.15, 0.2) is 5.60 Å². The van der Waals surface area contributed by atoms with Crippen LogP contribution in [0.5, 0.6) is 0 Å². The van der Waals surface area contributed by atoms with Gasteiger partial charge in [-0.05, 0) is 106 Å². The Morgan fingerprint density at radius 2 is 1.70 bits per heavy atom. The molecule has 5 N–H and O–H groups in total. The number of nitrogens with zero attached hydrogens (tertiary/aromatic N) is 5. The van der Waals surface area contributed by atoms with Crippen molar-refractivity contribution in [3.63, 3.8) is 0 Å². The molecule has 1 fully saturated rings. The van der Waals surface area contributed by atoms with Gasteiger partial charge in [-0.15, -0.1) is 0 Å². The molecule has 5 heterocycles. The Morgan fingerprint density at radius 3 is 2.37 bits per heavy atom. The molecule has 0 radical (unpaired) electrons. The van der Waals surface area contributed by atoms with Gasteiger partial charge in [-0.25, -0.2) is 23.8 Å². The zero-order valence-corrected chi connectivity index (χ0v) is 47.1. The average Bonchev–Trinajstić information content (AvgIpc) is 2.62. The first-order valence-corrected chi connectivity index (χ1v) is 27.6. The number of ether oxygens (including phenoxy) is 3. The molecule has 5 aliphatic rings. The van der Waals surface area contributed by atoms with E-state index in [2.05, 4.69) is 21.3 Å². The summed E-state index contributed by atoms with van der Waals surface area (Å²) in [5, 5.41) is 21.5. The number of likely N-dealkylation sites (N-methyl/N-ethyl adjacent to an activating group) is 1. The summed E-state index contributed by atoms with van der Waals surface area (Å²) < 4.78 is 33.1. The summed E-state index contributed by atoms with van der Waals surface area (Å²) in [5.74, 6) is -5.15. The summed E-state index contributed by atoms with van der Waals surface area (Å²) in [7, 11) is 3.64. The molecule has 1 saturated heterocycles. The predicted molar refractivity (Wildman–Crippen MR) is 292 cm³/mol. The number of likely N-dealkylation sites (tertiary alicyclic amines) is 1. The van der Waals surface area contributed by atoms with Crippen LogP contribution in [0.4, 0.5) is 14.9 Å². The molecule has 8 rings (SSSR count). The topological polar surface area (TPSA) is 276 Å². The number of benzene rings is 2. The van der Waals surface area contributed by atoms with Gasteiger partial charge in [0.05, 0.1) is 35.1 Å². The van der Waals surface area contributed by atoms with Crippen molar-refractivity contribution in [2.24, 2.45) is 11.8 Å². The first kappa shape index (κ1) is 59.5. The second kappa shape index (κ2) is 25.0. The molecule has 0 saturated carbocycles. The molecule has 4 aliphatic heterocycles. The van der Waals surface area contributed by atoms with Gasteiger partial charge >= 0.3 is 18.0 Å². The zero-order chi connectivity index (χ0) is 58.6. The maximum absolute atomic E-state index is 15.5. The molecule has 7 amide bonds. The number of unbranched alkanes of at least 4 members (excludes halogenated alkanes) is 2. The maximum Gasteiger partial charge on any atom is 0.411 e. The third-order valence-corrected chi connectivity index (χ3v) is 15.7. The number of cyclic esters (lactones) is 2. The maximum atomic E-state index is 15.5. The summed E-state index contributed by atoms with van der Waals surface area (Å²) in [6.45, 7) is 9.91. The minimum absolute atomic E-state index is 0.00277. The summed E-state index contributed by atoms with van der Waals surface area (Å²) in [4.78, 5) is 129. The third-order valence-electron chi connectivity index (χ3n) is 15.7. The number of imide groups is 1. The number of anilines is 1. The van der Waals surface area contributed by atoms with Gasteiger partial charge in [-0.3, -0.25) is 38.6 Å². The van der Waals surface area contributed by atoms with Crippen molar-refractivity contribution in [3.8, 4) is 0 Å². The standard InChI is InChI=1S/C58H72FN9O13/c1-9-58(40-24-44-51-39(27-67(44)26-38(40)55(76)81-56(58)77)49-42(62-46(71)28-69)19-18-37-33(5)41(59)25-43(63-51)48(37)49)80-30-66(22-21-65(7)8)57(78)79-29-35-14-16-36(17-15-35)61-52(73)34(6)60-53(74)50(31(2)3)64-45(70)13-11-10-12-20-68-47(72)23-32(4)54(68)75/h14-17,24-25,31-32,34,42,50,69H,9-13,18-23,26-30H2,1-8H3,(H,60,74)(H,61,73)(H,62,71)(H,64,70)/t32?,34-,42+,50-,58+/m0/s1. The monoisotopic (exact) mass is 1120 g/mol. The van der Waals surface area contributed by atoms with Crippen molar-refractivity contribution in [2.75, 3.05) is 58.9 Å². The number of carbonyl (C=O) groups is 9. The van der Waals surface area contributed by atoms with Crippen LogP contribution in [-0.2, 0) is 72.1 Å². The molecule has 1 aliphatic carbocycles. The molecule has 1 unspecified atom stereocenters. The van der Waals surface area contributed by atoms with E-state index in [-0.39, 0.29) is 86.2 Å².